The predicted molar refractivity (Wildman–Crippen MR) is 130 cm³/mol. The number of rotatable bonds is 0. The lowest BCUT2D eigenvalue weighted by atomic mass is 9.68. The topological polar surface area (TPSA) is 96.5 Å². The standard InChI is InChI=1S/C25H31N3O4.ClH/c29-19-8-10-25-11-9-24(31)27-14-2-1-12-26-13-3-15-28-23(30)7-5-18-4-6-21(20(25)16-18)32-22(25)17-19;/h4-7,9,11,16,22,26H,1-3,8,10,12-15,17H2,(H,27,31)(H,28,30);1H/t22?,25-;/m0./s1. The molecule has 33 heavy (non-hydrogen) atoms. The SMILES string of the molecule is Cl.O=C1CC[C@]23C=CC(=O)NCCCCNCCCNC(=O)C=Cc4ccc(c2c4)OC3C1. The number of benzene rings is 1. The molecule has 178 valence electrons. The number of amides is 2. The molecule has 2 aliphatic heterocycles. The van der Waals surface area contributed by atoms with E-state index >= 15 is 0 Å². The molecule has 4 rings (SSSR count). The molecular formula is C25H32ClN3O4. The van der Waals surface area contributed by atoms with Crippen LogP contribution in [-0.4, -0.2) is 49.9 Å². The second-order valence-corrected chi connectivity index (χ2v) is 8.70. The maximum atomic E-state index is 12.5. The van der Waals surface area contributed by atoms with Gasteiger partial charge in [-0.15, -0.1) is 12.4 Å². The van der Waals surface area contributed by atoms with E-state index in [1.807, 2.05) is 24.3 Å². The molecule has 0 saturated heterocycles. The molecule has 2 bridgehead atoms. The van der Waals surface area contributed by atoms with Crippen molar-refractivity contribution in [1.82, 2.24) is 16.0 Å². The summed E-state index contributed by atoms with van der Waals surface area (Å²) in [6, 6.07) is 5.81. The summed E-state index contributed by atoms with van der Waals surface area (Å²) >= 11 is 0. The number of ketones is 1. The summed E-state index contributed by atoms with van der Waals surface area (Å²) in [5.74, 6) is 0.677. The van der Waals surface area contributed by atoms with Crippen LogP contribution in [0.3, 0.4) is 0 Å². The van der Waals surface area contributed by atoms with Gasteiger partial charge in [0.25, 0.3) is 0 Å². The summed E-state index contributed by atoms with van der Waals surface area (Å²) in [7, 11) is 0. The van der Waals surface area contributed by atoms with Crippen LogP contribution in [0.15, 0.2) is 36.4 Å². The fraction of sp³-hybridized carbons (Fsp3) is 0.480. The Kier molecular flexibility index (Phi) is 8.69. The molecule has 1 aromatic carbocycles. The molecule has 7 nitrogen and oxygen atoms in total. The van der Waals surface area contributed by atoms with Crippen molar-refractivity contribution in [3.05, 3.63) is 47.6 Å². The van der Waals surface area contributed by atoms with Gasteiger partial charge in [-0.3, -0.25) is 14.4 Å². The van der Waals surface area contributed by atoms with Gasteiger partial charge in [-0.25, -0.2) is 0 Å². The zero-order valence-electron chi connectivity index (χ0n) is 18.7. The number of halogens is 1. The first-order chi connectivity index (χ1) is 15.6. The van der Waals surface area contributed by atoms with Crippen LogP contribution in [-0.2, 0) is 19.8 Å². The highest BCUT2D eigenvalue weighted by Crippen LogP contribution is 2.51. The number of Topliss-reactive ketones (excluding diaryl/α,β-unsaturated/α-hetero) is 1. The van der Waals surface area contributed by atoms with Gasteiger partial charge in [-0.05, 0) is 68.6 Å². The monoisotopic (exact) mass is 473 g/mol. The molecule has 8 heteroatoms. The molecule has 3 N–H and O–H groups in total. The molecule has 2 heterocycles. The first-order valence-electron chi connectivity index (χ1n) is 11.5. The highest BCUT2D eigenvalue weighted by Gasteiger charge is 2.50. The maximum Gasteiger partial charge on any atom is 0.243 e. The highest BCUT2D eigenvalue weighted by atomic mass is 35.5. The molecule has 2 amide bonds. The fourth-order valence-electron chi connectivity index (χ4n) is 4.66. The highest BCUT2D eigenvalue weighted by molar-refractivity contribution is 5.92. The van der Waals surface area contributed by atoms with Gasteiger partial charge in [0.05, 0.1) is 5.41 Å². The van der Waals surface area contributed by atoms with E-state index < -0.39 is 5.41 Å². The van der Waals surface area contributed by atoms with Crippen LogP contribution >= 0.6 is 12.4 Å². The van der Waals surface area contributed by atoms with Gasteiger partial charge >= 0.3 is 0 Å². The van der Waals surface area contributed by atoms with Crippen molar-refractivity contribution in [2.75, 3.05) is 26.2 Å². The van der Waals surface area contributed by atoms with Crippen LogP contribution in [0.5, 0.6) is 5.75 Å². The summed E-state index contributed by atoms with van der Waals surface area (Å²) in [5.41, 5.74) is 1.34. The third-order valence-electron chi connectivity index (χ3n) is 6.45. The van der Waals surface area contributed by atoms with E-state index in [2.05, 4.69) is 16.0 Å². The second kappa shape index (κ2) is 11.5. The van der Waals surface area contributed by atoms with Crippen molar-refractivity contribution in [1.29, 1.82) is 0 Å². The molecular weight excluding hydrogens is 442 g/mol. The van der Waals surface area contributed by atoms with Gasteiger partial charge in [0.1, 0.15) is 17.6 Å². The Bertz CT molecular complexity index is 946. The minimum atomic E-state index is -0.516. The second-order valence-electron chi connectivity index (χ2n) is 8.70. The quantitative estimate of drug-likeness (QED) is 0.537. The normalized spacial score (nSPS) is 26.3. The average Bonchev–Trinajstić information content (AvgIpc) is 3.10. The number of nitrogens with one attached hydrogen (secondary N) is 3. The number of carbonyl (C=O) groups excluding carboxylic acids is 3. The molecule has 0 aromatic heterocycles. The van der Waals surface area contributed by atoms with E-state index in [1.165, 1.54) is 0 Å². The van der Waals surface area contributed by atoms with Crippen LogP contribution in [0.4, 0.5) is 0 Å². The number of fused-ring (bicyclic) bond motifs is 1. The number of ether oxygens (including phenoxy) is 1. The Hall–Kier alpha value is -2.64. The lowest BCUT2D eigenvalue weighted by Crippen LogP contribution is -2.42. The predicted octanol–water partition coefficient (Wildman–Crippen LogP) is 2.44. The Morgan fingerprint density at radius 2 is 1.61 bits per heavy atom. The first-order valence-corrected chi connectivity index (χ1v) is 11.5. The third-order valence-corrected chi connectivity index (χ3v) is 6.45. The Morgan fingerprint density at radius 1 is 0.879 bits per heavy atom. The largest absolute Gasteiger partial charge is 0.488 e. The summed E-state index contributed by atoms with van der Waals surface area (Å²) in [6.45, 7) is 2.97. The fourth-order valence-corrected chi connectivity index (χ4v) is 4.66. The molecule has 1 spiro atoms. The van der Waals surface area contributed by atoms with E-state index in [0.29, 0.717) is 32.4 Å². The lowest BCUT2D eigenvalue weighted by Gasteiger charge is -2.35. The molecule has 1 aromatic rings. The summed E-state index contributed by atoms with van der Waals surface area (Å²) in [5, 5.41) is 9.23. The van der Waals surface area contributed by atoms with E-state index in [1.54, 1.807) is 18.2 Å². The molecule has 1 saturated carbocycles. The lowest BCUT2D eigenvalue weighted by molar-refractivity contribution is -0.123. The Morgan fingerprint density at radius 3 is 2.45 bits per heavy atom. The van der Waals surface area contributed by atoms with E-state index in [0.717, 1.165) is 49.2 Å². The van der Waals surface area contributed by atoms with Gasteiger partial charge in [0.15, 0.2) is 0 Å². The van der Waals surface area contributed by atoms with Gasteiger partial charge in [-0.2, -0.15) is 0 Å². The van der Waals surface area contributed by atoms with Gasteiger partial charge in [0.2, 0.25) is 11.8 Å². The molecule has 1 aliphatic carbocycles. The zero-order valence-corrected chi connectivity index (χ0v) is 19.5. The van der Waals surface area contributed by atoms with Crippen molar-refractivity contribution in [3.63, 3.8) is 0 Å². The van der Waals surface area contributed by atoms with Crippen LogP contribution < -0.4 is 20.7 Å². The summed E-state index contributed by atoms with van der Waals surface area (Å²) in [4.78, 5) is 36.8. The van der Waals surface area contributed by atoms with E-state index in [-0.39, 0.29) is 36.1 Å². The van der Waals surface area contributed by atoms with Crippen LogP contribution in [0, 0.1) is 0 Å². The molecule has 3 aliphatic rings. The summed E-state index contributed by atoms with van der Waals surface area (Å²) in [6.07, 6.45) is 10.7. The number of hydrogen-bond donors (Lipinski definition) is 3. The first kappa shape index (κ1) is 25.0. The molecule has 1 fully saturated rings. The van der Waals surface area contributed by atoms with Gasteiger partial charge in [-0.1, -0.05) is 12.1 Å². The molecule has 0 radical (unpaired) electrons. The average molecular weight is 474 g/mol. The number of carbonyl (C=O) groups is 3. The van der Waals surface area contributed by atoms with Crippen molar-refractivity contribution in [2.45, 2.75) is 50.0 Å². The van der Waals surface area contributed by atoms with Crippen molar-refractivity contribution in [2.24, 2.45) is 0 Å². The Balaban J connectivity index is 0.00000306. The maximum absolute atomic E-state index is 12.5. The van der Waals surface area contributed by atoms with Crippen LogP contribution in [0.1, 0.15) is 49.7 Å². The minimum Gasteiger partial charge on any atom is -0.488 e. The zero-order chi connectivity index (χ0) is 22.4. The summed E-state index contributed by atoms with van der Waals surface area (Å²) < 4.78 is 6.16. The number of hydrogen-bond acceptors (Lipinski definition) is 5. The van der Waals surface area contributed by atoms with Crippen molar-refractivity contribution in [3.8, 4) is 5.75 Å². The van der Waals surface area contributed by atoms with Gasteiger partial charge in [0, 0.05) is 37.6 Å². The van der Waals surface area contributed by atoms with Crippen molar-refractivity contribution < 1.29 is 19.1 Å². The van der Waals surface area contributed by atoms with E-state index in [9.17, 15) is 14.4 Å². The van der Waals surface area contributed by atoms with Gasteiger partial charge < -0.3 is 20.7 Å². The van der Waals surface area contributed by atoms with Crippen LogP contribution in [0.2, 0.25) is 0 Å². The molecule has 2 atom stereocenters. The Labute approximate surface area is 200 Å². The smallest absolute Gasteiger partial charge is 0.243 e. The van der Waals surface area contributed by atoms with Crippen molar-refractivity contribution >= 4 is 36.1 Å². The third kappa shape index (κ3) is 6.03. The van der Waals surface area contributed by atoms with Crippen LogP contribution in [0.25, 0.3) is 6.08 Å². The minimum absolute atomic E-state index is 0. The molecule has 1 unspecified atom stereocenters. The van der Waals surface area contributed by atoms with E-state index in [4.69, 9.17) is 4.74 Å².